The number of likely N-dealkylation sites (N-methyl/N-ethyl adjacent to an activating group) is 1. The first kappa shape index (κ1) is 7.48. The molecular weight excluding hydrogens is 102 g/mol. The van der Waals surface area contributed by atoms with Crippen LogP contribution in [-0.2, 0) is 5.11 Å². The van der Waals surface area contributed by atoms with Crippen molar-refractivity contribution >= 4 is 0 Å². The third-order valence-corrected chi connectivity index (χ3v) is 0.834. The molecule has 0 rings (SSSR count). The minimum Gasteiger partial charge on any atom is -0.293 e. The van der Waals surface area contributed by atoms with Crippen LogP contribution in [0.3, 0.4) is 0 Å². The maximum Gasteiger partial charge on any atom is 0.0949 e. The minimum atomic E-state index is -0.0713. The maximum absolute atomic E-state index is 9.90. The van der Waals surface area contributed by atoms with Crippen molar-refractivity contribution < 1.29 is 5.11 Å². The van der Waals surface area contributed by atoms with Gasteiger partial charge in [-0.2, -0.15) is 0 Å². The fraction of sp³-hybridized carbons (Fsp3) is 0.667. The fourth-order valence-electron chi connectivity index (χ4n) is 0.391. The van der Waals surface area contributed by atoms with E-state index in [0.29, 0.717) is 13.1 Å². The van der Waals surface area contributed by atoms with E-state index in [1.165, 1.54) is 0 Å². The number of hydrogen-bond acceptors (Lipinski definition) is 1. The monoisotopic (exact) mass is 112 g/mol. The largest absolute Gasteiger partial charge is 0.293 e. The Balaban J connectivity index is 3.08. The van der Waals surface area contributed by atoms with E-state index in [0.717, 1.165) is 0 Å². The number of nitrogens with zero attached hydrogens (tertiary/aromatic N) is 1. The smallest absolute Gasteiger partial charge is 0.0949 e. The molecule has 0 N–H and O–H groups in total. The zero-order valence-corrected chi connectivity index (χ0v) is 5.05. The lowest BCUT2D eigenvalue weighted by Crippen LogP contribution is -2.21. The third kappa shape index (κ3) is 3.66. The molecule has 0 aliphatic heterocycles. The standard InChI is InChI=1S/C6H10NO/c1-3-4-7(2)5-6-8/h1H,4-6H2,2H3. The summed E-state index contributed by atoms with van der Waals surface area (Å²) in [6.07, 6.45) is 4.97. The molecular formula is C6H10NO. The van der Waals surface area contributed by atoms with Gasteiger partial charge >= 0.3 is 0 Å². The van der Waals surface area contributed by atoms with E-state index >= 15 is 0 Å². The van der Waals surface area contributed by atoms with Gasteiger partial charge in [-0.15, -0.1) is 6.42 Å². The normalized spacial score (nSPS) is 9.25. The first-order valence-corrected chi connectivity index (χ1v) is 2.51. The molecule has 0 saturated heterocycles. The van der Waals surface area contributed by atoms with Gasteiger partial charge in [-0.3, -0.25) is 4.90 Å². The quantitative estimate of drug-likeness (QED) is 0.471. The molecule has 2 heteroatoms. The van der Waals surface area contributed by atoms with Gasteiger partial charge in [0.1, 0.15) is 0 Å². The van der Waals surface area contributed by atoms with Crippen LogP contribution in [0.2, 0.25) is 0 Å². The Morgan fingerprint density at radius 3 is 2.75 bits per heavy atom. The molecule has 0 aliphatic carbocycles. The molecule has 45 valence electrons. The van der Waals surface area contributed by atoms with Crippen molar-refractivity contribution in [1.29, 1.82) is 0 Å². The SMILES string of the molecule is C#CCN(C)CC[O]. The van der Waals surface area contributed by atoms with Gasteiger partial charge in [0.2, 0.25) is 0 Å². The van der Waals surface area contributed by atoms with Crippen molar-refractivity contribution in [2.75, 3.05) is 26.7 Å². The van der Waals surface area contributed by atoms with Gasteiger partial charge in [0.25, 0.3) is 0 Å². The van der Waals surface area contributed by atoms with Crippen LogP contribution in [0.1, 0.15) is 0 Å². The van der Waals surface area contributed by atoms with Gasteiger partial charge in [0, 0.05) is 6.54 Å². The minimum absolute atomic E-state index is 0.0713. The molecule has 0 saturated carbocycles. The van der Waals surface area contributed by atoms with E-state index in [1.54, 1.807) is 0 Å². The summed E-state index contributed by atoms with van der Waals surface area (Å²) in [4.78, 5) is 1.81. The lowest BCUT2D eigenvalue weighted by molar-refractivity contribution is 0.160. The molecule has 0 fully saturated rings. The second-order valence-corrected chi connectivity index (χ2v) is 1.65. The number of terminal acetylenes is 1. The second-order valence-electron chi connectivity index (χ2n) is 1.65. The average Bonchev–Trinajstić information content (AvgIpc) is 1.68. The molecule has 2 nitrogen and oxygen atoms in total. The molecule has 0 unspecified atom stereocenters. The second kappa shape index (κ2) is 4.63. The van der Waals surface area contributed by atoms with E-state index in [9.17, 15) is 5.11 Å². The summed E-state index contributed by atoms with van der Waals surface area (Å²) in [6, 6.07) is 0. The molecule has 0 spiro atoms. The summed E-state index contributed by atoms with van der Waals surface area (Å²) in [6.45, 7) is 1.05. The van der Waals surface area contributed by atoms with E-state index in [1.807, 2.05) is 11.9 Å². The first-order valence-electron chi connectivity index (χ1n) is 2.51. The van der Waals surface area contributed by atoms with E-state index in [2.05, 4.69) is 5.92 Å². The summed E-state index contributed by atoms with van der Waals surface area (Å²) in [5.41, 5.74) is 0. The molecule has 0 atom stereocenters. The Morgan fingerprint density at radius 2 is 2.38 bits per heavy atom. The molecule has 0 aliphatic rings. The van der Waals surface area contributed by atoms with Crippen molar-refractivity contribution in [2.24, 2.45) is 0 Å². The maximum atomic E-state index is 9.90. The van der Waals surface area contributed by atoms with Crippen LogP contribution in [0.25, 0.3) is 0 Å². The van der Waals surface area contributed by atoms with Crippen LogP contribution >= 0.6 is 0 Å². The zero-order chi connectivity index (χ0) is 6.41. The van der Waals surface area contributed by atoms with Crippen molar-refractivity contribution in [3.8, 4) is 12.3 Å². The van der Waals surface area contributed by atoms with Crippen LogP contribution in [0.15, 0.2) is 0 Å². The summed E-state index contributed by atoms with van der Waals surface area (Å²) in [7, 11) is 1.83. The third-order valence-electron chi connectivity index (χ3n) is 0.834. The van der Waals surface area contributed by atoms with E-state index in [-0.39, 0.29) is 6.61 Å². The van der Waals surface area contributed by atoms with E-state index < -0.39 is 0 Å². The van der Waals surface area contributed by atoms with Crippen molar-refractivity contribution in [2.45, 2.75) is 0 Å². The summed E-state index contributed by atoms with van der Waals surface area (Å²) >= 11 is 0. The molecule has 8 heavy (non-hydrogen) atoms. The zero-order valence-electron chi connectivity index (χ0n) is 5.05. The molecule has 0 bridgehead atoms. The highest BCUT2D eigenvalue weighted by molar-refractivity contribution is 4.86. The number of hydrogen-bond donors (Lipinski definition) is 0. The Labute approximate surface area is 50.1 Å². The average molecular weight is 112 g/mol. The molecule has 0 aromatic heterocycles. The topological polar surface area (TPSA) is 23.1 Å². The summed E-state index contributed by atoms with van der Waals surface area (Å²) < 4.78 is 0. The number of rotatable bonds is 3. The van der Waals surface area contributed by atoms with Gasteiger partial charge in [-0.1, -0.05) is 5.92 Å². The Bertz CT molecular complexity index is 85.0. The Hall–Kier alpha value is -0.520. The summed E-state index contributed by atoms with van der Waals surface area (Å²) in [5, 5.41) is 9.90. The Kier molecular flexibility index (Phi) is 4.33. The molecule has 1 radical (unpaired) electrons. The van der Waals surface area contributed by atoms with Crippen molar-refractivity contribution in [1.82, 2.24) is 4.90 Å². The first-order chi connectivity index (χ1) is 3.81. The van der Waals surface area contributed by atoms with E-state index in [4.69, 9.17) is 6.42 Å². The van der Waals surface area contributed by atoms with Crippen LogP contribution in [-0.4, -0.2) is 31.6 Å². The van der Waals surface area contributed by atoms with Crippen molar-refractivity contribution in [3.05, 3.63) is 0 Å². The highest BCUT2D eigenvalue weighted by Crippen LogP contribution is 1.76. The van der Waals surface area contributed by atoms with Crippen LogP contribution in [0.4, 0.5) is 0 Å². The van der Waals surface area contributed by atoms with Crippen molar-refractivity contribution in [3.63, 3.8) is 0 Å². The van der Waals surface area contributed by atoms with Gasteiger partial charge in [-0.25, -0.2) is 5.11 Å². The van der Waals surface area contributed by atoms with Gasteiger partial charge < -0.3 is 0 Å². The Morgan fingerprint density at radius 1 is 1.75 bits per heavy atom. The molecule has 0 aromatic rings. The van der Waals surface area contributed by atoms with Crippen LogP contribution in [0, 0.1) is 12.3 Å². The van der Waals surface area contributed by atoms with Gasteiger partial charge in [0.05, 0.1) is 13.2 Å². The summed E-state index contributed by atoms with van der Waals surface area (Å²) in [5.74, 6) is 2.44. The lowest BCUT2D eigenvalue weighted by atomic mass is 10.5. The molecule has 0 aromatic carbocycles. The predicted molar refractivity (Wildman–Crippen MR) is 31.9 cm³/mol. The van der Waals surface area contributed by atoms with Gasteiger partial charge in [-0.05, 0) is 7.05 Å². The highest BCUT2D eigenvalue weighted by Gasteiger charge is 1.90. The van der Waals surface area contributed by atoms with Crippen LogP contribution < -0.4 is 0 Å². The molecule has 0 amide bonds. The predicted octanol–water partition coefficient (Wildman–Crippen LogP) is -0.0181. The molecule has 0 heterocycles. The fourth-order valence-corrected chi connectivity index (χ4v) is 0.391. The highest BCUT2D eigenvalue weighted by atomic mass is 16.3. The van der Waals surface area contributed by atoms with Gasteiger partial charge in [0.15, 0.2) is 0 Å². The van der Waals surface area contributed by atoms with Crippen LogP contribution in [0.5, 0.6) is 0 Å². The lowest BCUT2D eigenvalue weighted by Gasteiger charge is -2.08.